The fourth-order valence-corrected chi connectivity index (χ4v) is 4.41. The van der Waals surface area contributed by atoms with Crippen LogP contribution in [0, 0.1) is 13.8 Å². The number of hydrogen-bond acceptors (Lipinski definition) is 4. The number of Topliss-reactive ketones (excluding diaryl/α,β-unsaturated/α-hetero) is 1. The summed E-state index contributed by atoms with van der Waals surface area (Å²) < 4.78 is 31.7. The highest BCUT2D eigenvalue weighted by Gasteiger charge is 2.33. The van der Waals surface area contributed by atoms with Crippen LogP contribution in [0.5, 0.6) is 0 Å². The molecule has 0 fully saturated rings. The first kappa shape index (κ1) is 18.1. The monoisotopic (exact) mass is 368 g/mol. The molecule has 3 aromatic rings. The summed E-state index contributed by atoms with van der Waals surface area (Å²) in [6.07, 6.45) is 1.25. The van der Waals surface area contributed by atoms with Gasteiger partial charge in [0.2, 0.25) is 0 Å². The maximum atomic E-state index is 13.2. The quantitative estimate of drug-likeness (QED) is 0.592. The maximum absolute atomic E-state index is 13.2. The van der Waals surface area contributed by atoms with Gasteiger partial charge >= 0.3 is 0 Å². The van der Waals surface area contributed by atoms with Crippen molar-refractivity contribution in [2.75, 3.05) is 0 Å². The fraction of sp³-hybridized carbons (Fsp3) is 0.190. The molecule has 0 N–H and O–H groups in total. The van der Waals surface area contributed by atoms with Gasteiger partial charge in [-0.25, -0.2) is 8.42 Å². The summed E-state index contributed by atoms with van der Waals surface area (Å²) in [7, 11) is -3.77. The van der Waals surface area contributed by atoms with Crippen LogP contribution in [0.1, 0.15) is 38.9 Å². The SMILES string of the molecule is Cc1ccc(C(=O)C[C@H](c2ccco2)S(=O)(=O)c2ccc(C)cc2)cc1. The molecule has 3 rings (SSSR count). The summed E-state index contributed by atoms with van der Waals surface area (Å²) in [5.41, 5.74) is 2.50. The topological polar surface area (TPSA) is 64.3 Å². The summed E-state index contributed by atoms with van der Waals surface area (Å²) >= 11 is 0. The number of carbonyl (C=O) groups is 1. The van der Waals surface area contributed by atoms with Gasteiger partial charge in [-0.2, -0.15) is 0 Å². The summed E-state index contributed by atoms with van der Waals surface area (Å²) in [5, 5.41) is -1.06. The largest absolute Gasteiger partial charge is 0.468 e. The van der Waals surface area contributed by atoms with Gasteiger partial charge < -0.3 is 4.42 Å². The first-order valence-corrected chi connectivity index (χ1v) is 9.86. The molecule has 134 valence electrons. The van der Waals surface area contributed by atoms with Crippen molar-refractivity contribution in [2.24, 2.45) is 0 Å². The molecule has 0 radical (unpaired) electrons. The van der Waals surface area contributed by atoms with Gasteiger partial charge in [-0.05, 0) is 38.1 Å². The molecule has 0 spiro atoms. The molecule has 0 amide bonds. The molecule has 0 bridgehead atoms. The number of benzene rings is 2. The Morgan fingerprint density at radius 3 is 2.04 bits per heavy atom. The van der Waals surface area contributed by atoms with E-state index < -0.39 is 15.1 Å². The summed E-state index contributed by atoms with van der Waals surface area (Å²) in [6, 6.07) is 17.0. The van der Waals surface area contributed by atoms with Gasteiger partial charge in [0.05, 0.1) is 11.2 Å². The van der Waals surface area contributed by atoms with E-state index in [4.69, 9.17) is 4.42 Å². The summed E-state index contributed by atoms with van der Waals surface area (Å²) in [6.45, 7) is 3.82. The first-order chi connectivity index (χ1) is 12.4. The molecule has 2 aromatic carbocycles. The number of sulfone groups is 1. The van der Waals surface area contributed by atoms with Crippen molar-refractivity contribution in [2.45, 2.75) is 30.4 Å². The van der Waals surface area contributed by atoms with Gasteiger partial charge in [-0.3, -0.25) is 4.79 Å². The third-order valence-electron chi connectivity index (χ3n) is 4.33. The third kappa shape index (κ3) is 3.78. The molecule has 0 saturated heterocycles. The lowest BCUT2D eigenvalue weighted by Gasteiger charge is -2.15. The lowest BCUT2D eigenvalue weighted by Crippen LogP contribution is -2.17. The molecule has 4 nitrogen and oxygen atoms in total. The van der Waals surface area contributed by atoms with Crippen molar-refractivity contribution in [3.63, 3.8) is 0 Å². The van der Waals surface area contributed by atoms with Crippen molar-refractivity contribution < 1.29 is 17.6 Å². The average Bonchev–Trinajstić information content (AvgIpc) is 3.14. The molecule has 0 aliphatic carbocycles. The molecule has 1 aromatic heterocycles. The smallest absolute Gasteiger partial charge is 0.188 e. The Labute approximate surface area is 153 Å². The van der Waals surface area contributed by atoms with Gasteiger partial charge in [0.25, 0.3) is 0 Å². The normalized spacial score (nSPS) is 12.7. The molecule has 0 saturated carbocycles. The second-order valence-corrected chi connectivity index (χ2v) is 8.49. The van der Waals surface area contributed by atoms with Crippen molar-refractivity contribution in [1.29, 1.82) is 0 Å². The lowest BCUT2D eigenvalue weighted by molar-refractivity contribution is 0.0978. The summed E-state index contributed by atoms with van der Waals surface area (Å²) in [4.78, 5) is 12.9. The van der Waals surface area contributed by atoms with Gasteiger partial charge in [-0.15, -0.1) is 0 Å². The highest BCUT2D eigenvalue weighted by atomic mass is 32.2. The van der Waals surface area contributed by atoms with Crippen molar-refractivity contribution in [3.8, 4) is 0 Å². The van der Waals surface area contributed by atoms with Crippen LogP contribution in [0.2, 0.25) is 0 Å². The molecule has 1 heterocycles. The van der Waals surface area contributed by atoms with E-state index in [0.717, 1.165) is 11.1 Å². The zero-order chi connectivity index (χ0) is 18.7. The molecule has 0 aliphatic rings. The van der Waals surface area contributed by atoms with E-state index in [9.17, 15) is 13.2 Å². The Kier molecular flexibility index (Phi) is 5.09. The zero-order valence-electron chi connectivity index (χ0n) is 14.7. The minimum Gasteiger partial charge on any atom is -0.468 e. The fourth-order valence-electron chi connectivity index (χ4n) is 2.76. The van der Waals surface area contributed by atoms with Crippen molar-refractivity contribution in [1.82, 2.24) is 0 Å². The molecular formula is C21H20O4S. The number of ketones is 1. The molecule has 1 atom stereocenters. The second kappa shape index (κ2) is 7.30. The first-order valence-electron chi connectivity index (χ1n) is 8.32. The Balaban J connectivity index is 1.97. The summed E-state index contributed by atoms with van der Waals surface area (Å²) in [5.74, 6) is 0.0353. The Hall–Kier alpha value is -2.66. The van der Waals surface area contributed by atoms with E-state index in [2.05, 4.69) is 0 Å². The predicted molar refractivity (Wildman–Crippen MR) is 99.9 cm³/mol. The number of furan rings is 1. The van der Waals surface area contributed by atoms with Crippen LogP contribution in [-0.4, -0.2) is 14.2 Å². The standard InChI is InChI=1S/C21H20O4S/c1-15-5-9-17(10-6-15)19(22)14-21(20-4-3-13-25-20)26(23,24)18-11-7-16(2)8-12-18/h3-13,21H,14H2,1-2H3/t21-/m1/s1. The van der Waals surface area contributed by atoms with E-state index in [1.165, 1.54) is 6.26 Å². The number of aryl methyl sites for hydroxylation is 2. The van der Waals surface area contributed by atoms with E-state index in [1.54, 1.807) is 48.5 Å². The van der Waals surface area contributed by atoms with Crippen LogP contribution in [0.15, 0.2) is 76.2 Å². The predicted octanol–water partition coefficient (Wildman–Crippen LogP) is 4.68. The number of rotatable bonds is 6. The Bertz CT molecular complexity index is 983. The van der Waals surface area contributed by atoms with Crippen LogP contribution in [-0.2, 0) is 9.84 Å². The average molecular weight is 368 g/mol. The zero-order valence-corrected chi connectivity index (χ0v) is 15.5. The highest BCUT2D eigenvalue weighted by Crippen LogP contribution is 2.33. The number of hydrogen-bond donors (Lipinski definition) is 0. The van der Waals surface area contributed by atoms with E-state index in [-0.39, 0.29) is 22.9 Å². The second-order valence-electron chi connectivity index (χ2n) is 6.36. The molecular weight excluding hydrogens is 348 g/mol. The minimum absolute atomic E-state index is 0.174. The van der Waals surface area contributed by atoms with E-state index >= 15 is 0 Å². The third-order valence-corrected chi connectivity index (χ3v) is 6.41. The molecule has 5 heteroatoms. The highest BCUT2D eigenvalue weighted by molar-refractivity contribution is 7.91. The Morgan fingerprint density at radius 2 is 1.50 bits per heavy atom. The molecule has 0 aliphatic heterocycles. The van der Waals surface area contributed by atoms with Crippen molar-refractivity contribution >= 4 is 15.6 Å². The van der Waals surface area contributed by atoms with Crippen LogP contribution in [0.25, 0.3) is 0 Å². The maximum Gasteiger partial charge on any atom is 0.188 e. The van der Waals surface area contributed by atoms with Crippen molar-refractivity contribution in [3.05, 3.63) is 89.4 Å². The van der Waals surface area contributed by atoms with Crippen LogP contribution in [0.3, 0.4) is 0 Å². The lowest BCUT2D eigenvalue weighted by atomic mass is 10.0. The Morgan fingerprint density at radius 1 is 0.923 bits per heavy atom. The molecule has 0 unspecified atom stereocenters. The van der Waals surface area contributed by atoms with E-state index in [1.807, 2.05) is 26.0 Å². The minimum atomic E-state index is -3.77. The van der Waals surface area contributed by atoms with Crippen LogP contribution < -0.4 is 0 Å². The van der Waals surface area contributed by atoms with Crippen LogP contribution in [0.4, 0.5) is 0 Å². The van der Waals surface area contributed by atoms with Gasteiger partial charge in [-0.1, -0.05) is 47.5 Å². The van der Waals surface area contributed by atoms with Crippen LogP contribution >= 0.6 is 0 Å². The van der Waals surface area contributed by atoms with E-state index in [0.29, 0.717) is 5.56 Å². The van der Waals surface area contributed by atoms with Gasteiger partial charge in [0.15, 0.2) is 15.6 Å². The van der Waals surface area contributed by atoms with Gasteiger partial charge in [0.1, 0.15) is 11.0 Å². The number of carbonyl (C=O) groups excluding carboxylic acids is 1. The van der Waals surface area contributed by atoms with Gasteiger partial charge in [0, 0.05) is 12.0 Å². The molecule has 26 heavy (non-hydrogen) atoms.